The lowest BCUT2D eigenvalue weighted by Gasteiger charge is -2.47. The Labute approximate surface area is 124 Å². The van der Waals surface area contributed by atoms with Crippen LogP contribution in [0.3, 0.4) is 0 Å². The van der Waals surface area contributed by atoms with Gasteiger partial charge in [0, 0.05) is 31.8 Å². The van der Waals surface area contributed by atoms with Crippen molar-refractivity contribution in [3.05, 3.63) is 0 Å². The van der Waals surface area contributed by atoms with Gasteiger partial charge in [0.25, 0.3) is 0 Å². The molecule has 0 aromatic heterocycles. The maximum Gasteiger partial charge on any atom is 0.0616 e. The van der Waals surface area contributed by atoms with E-state index in [0.717, 1.165) is 45.1 Å². The fourth-order valence-electron chi connectivity index (χ4n) is 3.03. The van der Waals surface area contributed by atoms with E-state index in [-0.39, 0.29) is 5.54 Å². The van der Waals surface area contributed by atoms with Crippen molar-refractivity contribution in [1.29, 1.82) is 0 Å². The molecule has 1 saturated heterocycles. The Morgan fingerprint density at radius 2 is 2.15 bits per heavy atom. The van der Waals surface area contributed by atoms with Gasteiger partial charge >= 0.3 is 0 Å². The topological polar surface area (TPSA) is 47.7 Å². The Kier molecular flexibility index (Phi) is 5.84. The molecule has 0 aromatic carbocycles. The summed E-state index contributed by atoms with van der Waals surface area (Å²) in [6.07, 6.45) is 5.13. The second-order valence-electron chi connectivity index (χ2n) is 6.98. The minimum absolute atomic E-state index is 0.0934. The SMILES string of the molecule is CC(C)C1CC(CN)(N(C)CCOCC2CC2)CCO1. The first kappa shape index (κ1) is 16.2. The first-order valence-corrected chi connectivity index (χ1v) is 8.18. The van der Waals surface area contributed by atoms with Crippen LogP contribution in [0.25, 0.3) is 0 Å². The van der Waals surface area contributed by atoms with E-state index < -0.39 is 0 Å². The predicted octanol–water partition coefficient (Wildman–Crippen LogP) is 1.88. The zero-order valence-electron chi connectivity index (χ0n) is 13.4. The van der Waals surface area contributed by atoms with Crippen LogP contribution in [-0.4, -0.2) is 56.5 Å². The Hall–Kier alpha value is -0.160. The predicted molar refractivity (Wildman–Crippen MR) is 81.8 cm³/mol. The van der Waals surface area contributed by atoms with Crippen molar-refractivity contribution < 1.29 is 9.47 Å². The lowest BCUT2D eigenvalue weighted by molar-refractivity contribution is -0.0852. The number of ether oxygens (including phenoxy) is 2. The van der Waals surface area contributed by atoms with Crippen molar-refractivity contribution in [3.8, 4) is 0 Å². The van der Waals surface area contributed by atoms with Crippen LogP contribution < -0.4 is 5.73 Å². The van der Waals surface area contributed by atoms with Gasteiger partial charge in [-0.15, -0.1) is 0 Å². The van der Waals surface area contributed by atoms with Crippen molar-refractivity contribution in [2.45, 2.75) is 51.2 Å². The van der Waals surface area contributed by atoms with Crippen LogP contribution in [0, 0.1) is 11.8 Å². The second-order valence-corrected chi connectivity index (χ2v) is 6.98. The highest BCUT2D eigenvalue weighted by Gasteiger charge is 2.40. The zero-order valence-corrected chi connectivity index (χ0v) is 13.4. The third kappa shape index (κ3) is 4.17. The summed E-state index contributed by atoms with van der Waals surface area (Å²) in [7, 11) is 2.19. The Balaban J connectivity index is 1.80. The van der Waals surface area contributed by atoms with E-state index in [1.165, 1.54) is 12.8 Å². The molecule has 4 nitrogen and oxygen atoms in total. The second kappa shape index (κ2) is 7.21. The van der Waals surface area contributed by atoms with E-state index >= 15 is 0 Å². The first-order valence-electron chi connectivity index (χ1n) is 8.18. The Morgan fingerprint density at radius 1 is 1.40 bits per heavy atom. The number of nitrogens with two attached hydrogens (primary N) is 1. The van der Waals surface area contributed by atoms with Gasteiger partial charge in [0.2, 0.25) is 0 Å². The van der Waals surface area contributed by atoms with E-state index in [1.54, 1.807) is 0 Å². The van der Waals surface area contributed by atoms with Gasteiger partial charge < -0.3 is 15.2 Å². The Morgan fingerprint density at radius 3 is 2.75 bits per heavy atom. The molecule has 0 bridgehead atoms. The van der Waals surface area contributed by atoms with E-state index in [0.29, 0.717) is 18.6 Å². The van der Waals surface area contributed by atoms with Crippen molar-refractivity contribution in [2.75, 3.05) is 40.0 Å². The van der Waals surface area contributed by atoms with Gasteiger partial charge in [0.05, 0.1) is 12.7 Å². The summed E-state index contributed by atoms with van der Waals surface area (Å²) in [5, 5.41) is 0. The average molecular weight is 284 g/mol. The maximum absolute atomic E-state index is 6.13. The summed E-state index contributed by atoms with van der Waals surface area (Å²) in [4.78, 5) is 2.41. The summed E-state index contributed by atoms with van der Waals surface area (Å²) >= 11 is 0. The van der Waals surface area contributed by atoms with Crippen LogP contribution in [0.5, 0.6) is 0 Å². The van der Waals surface area contributed by atoms with Crippen molar-refractivity contribution in [1.82, 2.24) is 4.90 Å². The molecule has 2 rings (SSSR count). The van der Waals surface area contributed by atoms with E-state index in [2.05, 4.69) is 25.8 Å². The van der Waals surface area contributed by atoms with Crippen LogP contribution in [-0.2, 0) is 9.47 Å². The molecule has 118 valence electrons. The smallest absolute Gasteiger partial charge is 0.0616 e. The lowest BCUT2D eigenvalue weighted by atomic mass is 9.82. The number of hydrogen-bond acceptors (Lipinski definition) is 4. The molecule has 20 heavy (non-hydrogen) atoms. The first-order chi connectivity index (χ1) is 9.57. The normalized spacial score (nSPS) is 31.2. The van der Waals surface area contributed by atoms with Crippen LogP contribution >= 0.6 is 0 Å². The molecule has 1 aliphatic carbocycles. The van der Waals surface area contributed by atoms with Crippen LogP contribution in [0.15, 0.2) is 0 Å². The van der Waals surface area contributed by atoms with E-state index in [9.17, 15) is 0 Å². The van der Waals surface area contributed by atoms with Gasteiger partial charge in [-0.25, -0.2) is 0 Å². The quantitative estimate of drug-likeness (QED) is 0.691. The lowest BCUT2D eigenvalue weighted by Crippen LogP contribution is -2.58. The van der Waals surface area contributed by atoms with Gasteiger partial charge in [-0.2, -0.15) is 0 Å². The molecular weight excluding hydrogens is 252 g/mol. The van der Waals surface area contributed by atoms with Crippen molar-refractivity contribution >= 4 is 0 Å². The molecular formula is C16H32N2O2. The minimum Gasteiger partial charge on any atom is -0.380 e. The summed E-state index contributed by atoms with van der Waals surface area (Å²) < 4.78 is 11.7. The molecule has 1 saturated carbocycles. The molecule has 2 aliphatic rings. The summed E-state index contributed by atoms with van der Waals surface area (Å²) in [6.45, 7) is 8.73. The molecule has 1 aliphatic heterocycles. The highest BCUT2D eigenvalue weighted by molar-refractivity contribution is 4.96. The highest BCUT2D eigenvalue weighted by atomic mass is 16.5. The minimum atomic E-state index is 0.0934. The molecule has 0 aromatic rings. The summed E-state index contributed by atoms with van der Waals surface area (Å²) in [6, 6.07) is 0. The molecule has 0 radical (unpaired) electrons. The third-order valence-electron chi connectivity index (χ3n) is 5.04. The van der Waals surface area contributed by atoms with Gasteiger partial charge in [-0.1, -0.05) is 13.8 Å². The zero-order chi connectivity index (χ0) is 14.6. The fraction of sp³-hybridized carbons (Fsp3) is 1.00. The van der Waals surface area contributed by atoms with Crippen molar-refractivity contribution in [3.63, 3.8) is 0 Å². The molecule has 2 atom stereocenters. The molecule has 4 heteroatoms. The van der Waals surface area contributed by atoms with Gasteiger partial charge in [0.15, 0.2) is 0 Å². The highest BCUT2D eigenvalue weighted by Crippen LogP contribution is 2.32. The third-order valence-corrected chi connectivity index (χ3v) is 5.04. The average Bonchev–Trinajstić information content (AvgIpc) is 3.27. The van der Waals surface area contributed by atoms with E-state index in [1.807, 2.05) is 0 Å². The standard InChI is InChI=1S/C16H32N2O2/c1-13(2)15-10-16(12-17,6-8-20-15)18(3)7-9-19-11-14-4-5-14/h13-15H,4-12,17H2,1-3H3. The van der Waals surface area contributed by atoms with Gasteiger partial charge in [0.1, 0.15) is 0 Å². The number of likely N-dealkylation sites (N-methyl/N-ethyl adjacent to an activating group) is 1. The number of nitrogens with zero attached hydrogens (tertiary/aromatic N) is 1. The Bertz CT molecular complexity index is 294. The molecule has 2 unspecified atom stereocenters. The van der Waals surface area contributed by atoms with Crippen LogP contribution in [0.2, 0.25) is 0 Å². The number of rotatable bonds is 8. The molecule has 0 spiro atoms. The molecule has 2 fully saturated rings. The van der Waals surface area contributed by atoms with Crippen LogP contribution in [0.1, 0.15) is 39.5 Å². The van der Waals surface area contributed by atoms with Crippen molar-refractivity contribution in [2.24, 2.45) is 17.6 Å². The molecule has 0 amide bonds. The fourth-order valence-corrected chi connectivity index (χ4v) is 3.03. The van der Waals surface area contributed by atoms with Gasteiger partial charge in [-0.3, -0.25) is 4.90 Å². The summed E-state index contributed by atoms with van der Waals surface area (Å²) in [5.74, 6) is 1.40. The van der Waals surface area contributed by atoms with Crippen LogP contribution in [0.4, 0.5) is 0 Å². The van der Waals surface area contributed by atoms with E-state index in [4.69, 9.17) is 15.2 Å². The van der Waals surface area contributed by atoms with Gasteiger partial charge in [-0.05, 0) is 44.6 Å². The largest absolute Gasteiger partial charge is 0.380 e. The maximum atomic E-state index is 6.13. The number of hydrogen-bond donors (Lipinski definition) is 1. The summed E-state index contributed by atoms with van der Waals surface area (Å²) in [5.41, 5.74) is 6.22. The molecule has 1 heterocycles. The monoisotopic (exact) mass is 284 g/mol. The molecule has 2 N–H and O–H groups in total.